The van der Waals surface area contributed by atoms with E-state index in [2.05, 4.69) is 124 Å². The quantitative estimate of drug-likeness (QED) is 0.159. The number of benzene rings is 4. The summed E-state index contributed by atoms with van der Waals surface area (Å²) in [6, 6.07) is 29.2. The maximum absolute atomic E-state index is 6.07. The molecule has 9 rings (SSSR count). The van der Waals surface area contributed by atoms with Gasteiger partial charge in [-0.2, -0.15) is 0 Å². The van der Waals surface area contributed by atoms with Crippen LogP contribution in [0.15, 0.2) is 84.9 Å². The van der Waals surface area contributed by atoms with E-state index in [4.69, 9.17) is 28.9 Å². The molecule has 62 heavy (non-hydrogen) atoms. The van der Waals surface area contributed by atoms with Gasteiger partial charge >= 0.3 is 0 Å². The van der Waals surface area contributed by atoms with Gasteiger partial charge in [-0.3, -0.25) is 0 Å². The highest BCUT2D eigenvalue weighted by Gasteiger charge is 2.25. The lowest BCUT2D eigenvalue weighted by atomic mass is 9.92. The Labute approximate surface area is 362 Å². The molecular formula is C54H50N4O4. The van der Waals surface area contributed by atoms with Gasteiger partial charge in [0.15, 0.2) is 0 Å². The number of aromatic nitrogens is 4. The Balaban J connectivity index is 1.55. The van der Waals surface area contributed by atoms with Gasteiger partial charge in [0, 0.05) is 44.3 Å². The summed E-state index contributed by atoms with van der Waals surface area (Å²) in [5.74, 6) is 2.68. The van der Waals surface area contributed by atoms with E-state index in [0.29, 0.717) is 23.0 Å². The van der Waals surface area contributed by atoms with Crippen molar-refractivity contribution in [2.75, 3.05) is 28.4 Å². The molecule has 0 fully saturated rings. The molecule has 0 atom stereocenters. The molecular weight excluding hydrogens is 769 g/mol. The van der Waals surface area contributed by atoms with Crippen LogP contribution in [0.4, 0.5) is 0 Å². The van der Waals surface area contributed by atoms with Crippen molar-refractivity contribution in [3.63, 3.8) is 0 Å². The Hall–Kier alpha value is -7.32. The smallest absolute Gasteiger partial charge is 0.130 e. The fourth-order valence-electron chi connectivity index (χ4n) is 9.60. The van der Waals surface area contributed by atoms with Crippen molar-refractivity contribution < 1.29 is 18.9 Å². The fraction of sp³-hybridized carbons (Fsp3) is 0.185. The zero-order valence-corrected chi connectivity index (χ0v) is 36.9. The predicted octanol–water partition coefficient (Wildman–Crippen LogP) is 13.2. The Morgan fingerprint density at radius 2 is 0.597 bits per heavy atom. The number of aromatic amines is 2. The topological polar surface area (TPSA) is 94.3 Å². The summed E-state index contributed by atoms with van der Waals surface area (Å²) in [6.07, 6.45) is 8.42. The third-order valence-corrected chi connectivity index (χ3v) is 12.0. The Kier molecular flexibility index (Phi) is 10.3. The van der Waals surface area contributed by atoms with Gasteiger partial charge in [-0.1, -0.05) is 47.5 Å². The lowest BCUT2D eigenvalue weighted by Gasteiger charge is -2.15. The number of nitrogens with zero attached hydrogens (tertiary/aromatic N) is 2. The summed E-state index contributed by atoms with van der Waals surface area (Å²) in [5, 5.41) is 0. The van der Waals surface area contributed by atoms with E-state index in [1.165, 1.54) is 11.1 Å². The molecule has 7 aromatic rings. The first-order valence-electron chi connectivity index (χ1n) is 20.8. The van der Waals surface area contributed by atoms with Crippen molar-refractivity contribution in [3.05, 3.63) is 141 Å². The minimum atomic E-state index is 0.671. The number of hydrogen-bond donors (Lipinski definition) is 2. The first-order valence-corrected chi connectivity index (χ1v) is 20.8. The maximum Gasteiger partial charge on any atom is 0.130 e. The second kappa shape index (κ2) is 15.9. The van der Waals surface area contributed by atoms with Crippen molar-refractivity contribution in [2.24, 2.45) is 0 Å². The number of aryl methyl sites for hydroxylation is 6. The van der Waals surface area contributed by atoms with Crippen molar-refractivity contribution in [3.8, 4) is 67.5 Å². The van der Waals surface area contributed by atoms with E-state index >= 15 is 0 Å². The highest BCUT2D eigenvalue weighted by Crippen LogP contribution is 2.47. The third-order valence-electron chi connectivity index (χ3n) is 12.0. The second-order valence-corrected chi connectivity index (χ2v) is 16.1. The van der Waals surface area contributed by atoms with Gasteiger partial charge in [-0.15, -0.1) is 0 Å². The summed E-state index contributed by atoms with van der Waals surface area (Å²) in [5.41, 5.74) is 21.2. The largest absolute Gasteiger partial charge is 0.496 e. The third kappa shape index (κ3) is 6.72. The zero-order chi connectivity index (χ0) is 43.4. The fourth-order valence-corrected chi connectivity index (χ4v) is 9.60. The molecule has 8 nitrogen and oxygen atoms in total. The summed E-state index contributed by atoms with van der Waals surface area (Å²) in [6.45, 7) is 13.0. The van der Waals surface area contributed by atoms with E-state index in [1.807, 2.05) is 36.4 Å². The molecule has 0 saturated carbocycles. The first kappa shape index (κ1) is 40.1. The molecule has 4 aromatic carbocycles. The summed E-state index contributed by atoms with van der Waals surface area (Å²) >= 11 is 0. The molecule has 0 unspecified atom stereocenters. The van der Waals surface area contributed by atoms with E-state index < -0.39 is 0 Å². The predicted molar refractivity (Wildman–Crippen MR) is 255 cm³/mol. The number of H-pyrrole nitrogens is 2. The van der Waals surface area contributed by atoms with Gasteiger partial charge in [0.1, 0.15) is 23.0 Å². The molecule has 5 heterocycles. The molecule has 8 bridgehead atoms. The van der Waals surface area contributed by atoms with Crippen LogP contribution in [0, 0.1) is 41.5 Å². The van der Waals surface area contributed by atoms with Gasteiger partial charge in [0.2, 0.25) is 0 Å². The van der Waals surface area contributed by atoms with E-state index in [9.17, 15) is 0 Å². The van der Waals surface area contributed by atoms with E-state index in [0.717, 1.165) is 112 Å². The monoisotopic (exact) mass is 818 g/mol. The van der Waals surface area contributed by atoms with Crippen LogP contribution in [-0.4, -0.2) is 48.4 Å². The second-order valence-electron chi connectivity index (χ2n) is 16.1. The number of methoxy groups -OCH3 is 4. The molecule has 2 aliphatic heterocycles. The summed E-state index contributed by atoms with van der Waals surface area (Å²) in [4.78, 5) is 18.9. The van der Waals surface area contributed by atoms with Crippen LogP contribution in [0.25, 0.3) is 90.9 Å². The minimum absolute atomic E-state index is 0.671. The molecule has 0 aliphatic carbocycles. The highest BCUT2D eigenvalue weighted by atomic mass is 16.5. The number of nitrogens with one attached hydrogen (secondary N) is 2. The molecule has 0 radical (unpaired) electrons. The average Bonchev–Trinajstić information content (AvgIpc) is 4.10. The Morgan fingerprint density at radius 1 is 0.339 bits per heavy atom. The summed E-state index contributed by atoms with van der Waals surface area (Å²) in [7, 11) is 6.76. The lowest BCUT2D eigenvalue weighted by molar-refractivity contribution is 0.397. The molecule has 310 valence electrons. The normalized spacial score (nSPS) is 11.9. The van der Waals surface area contributed by atoms with Crippen LogP contribution in [-0.2, 0) is 0 Å². The highest BCUT2D eigenvalue weighted by molar-refractivity contribution is 6.03. The van der Waals surface area contributed by atoms with E-state index in [-0.39, 0.29) is 0 Å². The van der Waals surface area contributed by atoms with Crippen molar-refractivity contribution in [2.45, 2.75) is 41.5 Å². The molecule has 2 N–H and O–H groups in total. The summed E-state index contributed by atoms with van der Waals surface area (Å²) < 4.78 is 24.3. The average molecular weight is 819 g/mol. The molecule has 3 aromatic heterocycles. The molecule has 2 aliphatic rings. The van der Waals surface area contributed by atoms with Crippen LogP contribution in [0.3, 0.4) is 0 Å². The standard InChI is InChI=1S/C54H50N4O4/c1-29-25-31(3)47(32(4)26-29)49-35-17-21-39(55-35)51(53-43(59-7)13-11-14-44(53)60-8)41-23-19-37(57-41)50(48-33(5)27-30(2)28-34(48)6)38-20-24-42(58-38)52(40-22-18-36(49)56-40)54-45(61-9)15-12-16-46(54)62-10/h11-28,55,58H,1-10H3. The van der Waals surface area contributed by atoms with E-state index in [1.54, 1.807) is 28.4 Å². The number of hydrogen-bond acceptors (Lipinski definition) is 6. The Bertz CT molecular complexity index is 2900. The van der Waals surface area contributed by atoms with Crippen molar-refractivity contribution >= 4 is 46.4 Å². The van der Waals surface area contributed by atoms with Gasteiger partial charge in [0.25, 0.3) is 0 Å². The SMILES string of the molecule is COc1cccc(OC)c1-c1c2nc(c(-c3c(C)cc(C)cc3C)c3ccc([nH]3)c(-c3c(OC)cccc3OC)c3nc(c(-c4c(C)cc(C)cc4C)c4ccc1[nH]4)C=C3)C=C2. The van der Waals surface area contributed by atoms with Crippen LogP contribution >= 0.6 is 0 Å². The van der Waals surface area contributed by atoms with Crippen LogP contribution in [0.1, 0.15) is 56.2 Å². The number of fused-ring (bicyclic) bond motifs is 8. The minimum Gasteiger partial charge on any atom is -0.496 e. The van der Waals surface area contributed by atoms with Gasteiger partial charge in [-0.25, -0.2) is 9.97 Å². The first-order chi connectivity index (χ1) is 30.0. The van der Waals surface area contributed by atoms with Crippen molar-refractivity contribution in [1.82, 2.24) is 19.9 Å². The van der Waals surface area contributed by atoms with Crippen LogP contribution in [0.2, 0.25) is 0 Å². The van der Waals surface area contributed by atoms with Crippen molar-refractivity contribution in [1.29, 1.82) is 0 Å². The molecule has 0 spiro atoms. The number of ether oxygens (including phenoxy) is 4. The Morgan fingerprint density at radius 3 is 0.855 bits per heavy atom. The van der Waals surface area contributed by atoms with Gasteiger partial charge in [-0.05, 0) is 148 Å². The molecule has 0 amide bonds. The van der Waals surface area contributed by atoms with Gasteiger partial charge < -0.3 is 28.9 Å². The zero-order valence-electron chi connectivity index (χ0n) is 36.9. The molecule has 0 saturated heterocycles. The molecule has 8 heteroatoms. The number of rotatable bonds is 8. The maximum atomic E-state index is 6.07. The lowest BCUT2D eigenvalue weighted by Crippen LogP contribution is -1.97. The van der Waals surface area contributed by atoms with Crippen LogP contribution < -0.4 is 18.9 Å². The van der Waals surface area contributed by atoms with Gasteiger partial charge in [0.05, 0.1) is 62.3 Å². The van der Waals surface area contributed by atoms with Crippen LogP contribution in [0.5, 0.6) is 23.0 Å².